The molecule has 1 saturated heterocycles. The van der Waals surface area contributed by atoms with Crippen molar-refractivity contribution in [3.63, 3.8) is 0 Å². The minimum absolute atomic E-state index is 0.0685. The van der Waals surface area contributed by atoms with Crippen molar-refractivity contribution >= 4 is 22.2 Å². The molecule has 2 atom stereocenters. The van der Waals surface area contributed by atoms with Crippen LogP contribution in [0.2, 0.25) is 0 Å². The lowest BCUT2D eigenvalue weighted by Crippen LogP contribution is -2.34. The highest BCUT2D eigenvalue weighted by molar-refractivity contribution is 6.05. The number of aromatic nitrogens is 7. The van der Waals surface area contributed by atoms with Gasteiger partial charge in [0.05, 0.1) is 24.2 Å². The molecule has 0 radical (unpaired) electrons. The summed E-state index contributed by atoms with van der Waals surface area (Å²) in [6.07, 6.45) is 9.13. The van der Waals surface area contributed by atoms with Gasteiger partial charge in [0.25, 0.3) is 0 Å². The highest BCUT2D eigenvalue weighted by Gasteiger charge is 2.29. The molecule has 2 unspecified atom stereocenters. The summed E-state index contributed by atoms with van der Waals surface area (Å²) in [4.78, 5) is 34.3. The molecule has 1 N–H and O–H groups in total. The van der Waals surface area contributed by atoms with E-state index in [0.29, 0.717) is 58.5 Å². The molecule has 0 bridgehead atoms. The van der Waals surface area contributed by atoms with E-state index in [1.54, 1.807) is 52.8 Å². The van der Waals surface area contributed by atoms with Gasteiger partial charge in [-0.2, -0.15) is 10.2 Å². The Balaban J connectivity index is 0.00000137. The monoisotopic (exact) mass is 505 g/mol. The largest absolute Gasteiger partial charge is 0.450 e. The fourth-order valence-electron chi connectivity index (χ4n) is 4.94. The SMILES string of the molecule is CC.CCC1CC(n2c(=O)[nH]c(-c3cnn(C)c3)c3oc4cc(=O)c(-c5cnn(C)c5)nc4c32)CCO1. The van der Waals surface area contributed by atoms with E-state index in [1.807, 2.05) is 13.8 Å². The second-order valence-electron chi connectivity index (χ2n) is 9.02. The van der Waals surface area contributed by atoms with Gasteiger partial charge in [-0.15, -0.1) is 0 Å². The zero-order valence-electron chi connectivity index (χ0n) is 21.7. The summed E-state index contributed by atoms with van der Waals surface area (Å²) < 4.78 is 17.1. The molecule has 0 aromatic carbocycles. The minimum atomic E-state index is -0.275. The first kappa shape index (κ1) is 24.7. The van der Waals surface area contributed by atoms with E-state index in [2.05, 4.69) is 22.1 Å². The van der Waals surface area contributed by atoms with E-state index >= 15 is 0 Å². The Hall–Kier alpha value is -3.99. The summed E-state index contributed by atoms with van der Waals surface area (Å²) in [5.74, 6) is 0. The van der Waals surface area contributed by atoms with E-state index in [0.717, 1.165) is 6.42 Å². The second kappa shape index (κ2) is 9.81. The van der Waals surface area contributed by atoms with E-state index in [4.69, 9.17) is 14.1 Å². The van der Waals surface area contributed by atoms with Crippen molar-refractivity contribution in [1.82, 2.24) is 34.1 Å². The summed E-state index contributed by atoms with van der Waals surface area (Å²) >= 11 is 0. The molecular weight excluding hydrogens is 474 g/mol. The summed E-state index contributed by atoms with van der Waals surface area (Å²) in [6.45, 7) is 6.64. The molecule has 6 rings (SSSR count). The molecule has 37 heavy (non-hydrogen) atoms. The number of hydrogen-bond acceptors (Lipinski definition) is 7. The Morgan fingerprint density at radius 1 is 1.08 bits per heavy atom. The number of aryl methyl sites for hydroxylation is 2. The van der Waals surface area contributed by atoms with Crippen LogP contribution in [0.15, 0.2) is 44.9 Å². The van der Waals surface area contributed by atoms with Crippen molar-refractivity contribution in [3.05, 3.63) is 51.6 Å². The van der Waals surface area contributed by atoms with Gasteiger partial charge >= 0.3 is 5.69 Å². The molecular formula is C26H31N7O4. The van der Waals surface area contributed by atoms with E-state index in [1.165, 1.54) is 6.07 Å². The Morgan fingerprint density at radius 3 is 2.43 bits per heavy atom. The molecule has 1 aliphatic rings. The molecule has 1 fully saturated rings. The van der Waals surface area contributed by atoms with E-state index in [9.17, 15) is 9.59 Å². The Labute approximate surface area is 212 Å². The van der Waals surface area contributed by atoms with Crippen LogP contribution in [0.4, 0.5) is 0 Å². The van der Waals surface area contributed by atoms with E-state index < -0.39 is 0 Å². The van der Waals surface area contributed by atoms with Gasteiger partial charge in [0.2, 0.25) is 5.43 Å². The lowest BCUT2D eigenvalue weighted by molar-refractivity contribution is -0.00710. The summed E-state index contributed by atoms with van der Waals surface area (Å²) in [6, 6.07) is 1.34. The van der Waals surface area contributed by atoms with E-state index in [-0.39, 0.29) is 29.0 Å². The second-order valence-corrected chi connectivity index (χ2v) is 9.02. The van der Waals surface area contributed by atoms with Gasteiger partial charge in [-0.25, -0.2) is 9.78 Å². The normalized spacial score (nSPS) is 17.8. The van der Waals surface area contributed by atoms with Crippen LogP contribution in [0.3, 0.4) is 0 Å². The van der Waals surface area contributed by atoms with Gasteiger partial charge in [-0.3, -0.25) is 18.7 Å². The molecule has 5 aromatic heterocycles. The first-order valence-electron chi connectivity index (χ1n) is 12.6. The molecule has 11 nitrogen and oxygen atoms in total. The van der Waals surface area contributed by atoms with Crippen molar-refractivity contribution in [1.29, 1.82) is 0 Å². The zero-order chi connectivity index (χ0) is 26.3. The fourth-order valence-corrected chi connectivity index (χ4v) is 4.94. The predicted molar refractivity (Wildman–Crippen MR) is 140 cm³/mol. The van der Waals surface area contributed by atoms with Gasteiger partial charge in [0.1, 0.15) is 16.7 Å². The first-order chi connectivity index (χ1) is 17.9. The molecule has 0 aliphatic carbocycles. The average Bonchev–Trinajstić information content (AvgIpc) is 3.62. The third-order valence-corrected chi connectivity index (χ3v) is 6.65. The van der Waals surface area contributed by atoms with Crippen LogP contribution < -0.4 is 11.1 Å². The number of pyridine rings is 1. The van der Waals surface area contributed by atoms with Gasteiger partial charge in [-0.1, -0.05) is 20.8 Å². The third-order valence-electron chi connectivity index (χ3n) is 6.65. The van der Waals surface area contributed by atoms with Gasteiger partial charge in [0, 0.05) is 56.3 Å². The number of rotatable bonds is 4. The molecule has 0 amide bonds. The smallest absolute Gasteiger partial charge is 0.326 e. The number of furan rings is 1. The molecule has 5 aromatic rings. The zero-order valence-corrected chi connectivity index (χ0v) is 21.7. The number of nitrogens with zero attached hydrogens (tertiary/aromatic N) is 6. The maximum atomic E-state index is 13.6. The standard InChI is InChI=1S/C24H25N7O4.C2H6/c1-4-16-7-15(5-6-34-16)31-22-21-18(8-17(32)19(27-21)13-9-25-29(2)11-13)35-23(22)20(28-24(31)33)14-10-26-30(3)12-14;1-2/h8-12,15-16H,4-7H2,1-3H3,(H,28,33);1-2H3. The van der Waals surface area contributed by atoms with Crippen molar-refractivity contribution in [2.24, 2.45) is 14.1 Å². The van der Waals surface area contributed by atoms with Crippen LogP contribution in [0, 0.1) is 0 Å². The maximum absolute atomic E-state index is 13.6. The van der Waals surface area contributed by atoms with Crippen LogP contribution in [-0.2, 0) is 18.8 Å². The van der Waals surface area contributed by atoms with Crippen molar-refractivity contribution in [2.75, 3.05) is 6.61 Å². The third kappa shape index (κ3) is 4.29. The maximum Gasteiger partial charge on any atom is 0.326 e. The Bertz CT molecular complexity index is 1690. The fraction of sp³-hybridized carbons (Fsp3) is 0.423. The summed E-state index contributed by atoms with van der Waals surface area (Å²) in [5.41, 5.74) is 3.35. The van der Waals surface area contributed by atoms with Crippen LogP contribution in [0.25, 0.3) is 44.7 Å². The topological polar surface area (TPSA) is 126 Å². The summed E-state index contributed by atoms with van der Waals surface area (Å²) in [7, 11) is 3.58. The molecule has 11 heteroatoms. The number of nitrogens with one attached hydrogen (secondary N) is 1. The van der Waals surface area contributed by atoms with Crippen LogP contribution in [0.5, 0.6) is 0 Å². The van der Waals surface area contributed by atoms with Crippen LogP contribution >= 0.6 is 0 Å². The molecule has 6 heterocycles. The highest BCUT2D eigenvalue weighted by Crippen LogP contribution is 2.36. The number of ether oxygens (including phenoxy) is 1. The Kier molecular flexibility index (Phi) is 6.55. The Morgan fingerprint density at radius 2 is 1.78 bits per heavy atom. The summed E-state index contributed by atoms with van der Waals surface area (Å²) in [5, 5.41) is 8.42. The number of aromatic amines is 1. The number of H-pyrrole nitrogens is 1. The molecule has 0 spiro atoms. The molecule has 1 aliphatic heterocycles. The highest BCUT2D eigenvalue weighted by atomic mass is 16.5. The van der Waals surface area contributed by atoms with Gasteiger partial charge in [-0.05, 0) is 19.3 Å². The van der Waals surface area contributed by atoms with Crippen molar-refractivity contribution in [2.45, 2.75) is 52.2 Å². The lowest BCUT2D eigenvalue weighted by Gasteiger charge is -2.30. The van der Waals surface area contributed by atoms with Gasteiger partial charge in [0.15, 0.2) is 11.2 Å². The molecule has 0 saturated carbocycles. The van der Waals surface area contributed by atoms with Crippen molar-refractivity contribution < 1.29 is 9.15 Å². The minimum Gasteiger partial charge on any atom is -0.450 e. The number of hydrogen-bond donors (Lipinski definition) is 1. The average molecular weight is 506 g/mol. The lowest BCUT2D eigenvalue weighted by atomic mass is 10.0. The molecule has 194 valence electrons. The van der Waals surface area contributed by atoms with Crippen LogP contribution in [-0.4, -0.2) is 46.8 Å². The predicted octanol–water partition coefficient (Wildman–Crippen LogP) is 3.79. The van der Waals surface area contributed by atoms with Gasteiger partial charge < -0.3 is 14.1 Å². The quantitative estimate of drug-likeness (QED) is 0.394. The van der Waals surface area contributed by atoms with Crippen molar-refractivity contribution in [3.8, 4) is 22.5 Å². The van der Waals surface area contributed by atoms with Crippen LogP contribution in [0.1, 0.15) is 46.1 Å². The number of fused-ring (bicyclic) bond motifs is 3. The first-order valence-corrected chi connectivity index (χ1v) is 12.6.